The van der Waals surface area contributed by atoms with Gasteiger partial charge in [0.05, 0.1) is 33.0 Å². The smallest absolute Gasteiger partial charge is 0.305 e. The maximum absolute atomic E-state index is 11.9. The summed E-state index contributed by atoms with van der Waals surface area (Å²) in [6.45, 7) is 6.93. The van der Waals surface area contributed by atoms with Crippen LogP contribution in [0.4, 0.5) is 0 Å². The van der Waals surface area contributed by atoms with Gasteiger partial charge < -0.3 is 24.5 Å². The van der Waals surface area contributed by atoms with Crippen molar-refractivity contribution in [1.29, 1.82) is 0 Å². The van der Waals surface area contributed by atoms with Crippen molar-refractivity contribution in [3.63, 3.8) is 0 Å². The lowest BCUT2D eigenvalue weighted by Gasteiger charge is -2.27. The molecule has 1 saturated heterocycles. The molecule has 9 nitrogen and oxygen atoms in total. The first kappa shape index (κ1) is 26.2. The number of carbonyl (C=O) groups excluding carboxylic acids is 2. The zero-order chi connectivity index (χ0) is 25.2. The van der Waals surface area contributed by atoms with Gasteiger partial charge in [-0.05, 0) is 25.0 Å². The lowest BCUT2D eigenvalue weighted by atomic mass is 10.1. The summed E-state index contributed by atoms with van der Waals surface area (Å²) < 4.78 is 17.4. The molecule has 0 aliphatic carbocycles. The Kier molecular flexibility index (Phi) is 9.63. The molecule has 9 heteroatoms. The Morgan fingerprint density at radius 3 is 2.43 bits per heavy atom. The van der Waals surface area contributed by atoms with Gasteiger partial charge in [0.1, 0.15) is 5.52 Å². The number of hydrogen-bond acceptors (Lipinski definition) is 7. The van der Waals surface area contributed by atoms with Crippen LogP contribution in [-0.4, -0.2) is 73.4 Å². The maximum Gasteiger partial charge on any atom is 0.305 e. The molecule has 1 aliphatic rings. The van der Waals surface area contributed by atoms with E-state index in [0.29, 0.717) is 17.9 Å². The highest BCUT2D eigenvalue weighted by molar-refractivity contribution is 6.08. The molecule has 3 heterocycles. The Morgan fingerprint density at radius 1 is 1.09 bits per heavy atom. The van der Waals surface area contributed by atoms with Gasteiger partial charge in [0, 0.05) is 49.9 Å². The van der Waals surface area contributed by atoms with Gasteiger partial charge in [-0.25, -0.2) is 4.98 Å². The van der Waals surface area contributed by atoms with Crippen molar-refractivity contribution in [1.82, 2.24) is 14.5 Å². The molecule has 188 valence electrons. The van der Waals surface area contributed by atoms with Crippen LogP contribution in [0.25, 0.3) is 10.9 Å². The zero-order valence-electron chi connectivity index (χ0n) is 20.7. The molecule has 0 saturated carbocycles. The monoisotopic (exact) mass is 482 g/mol. The number of rotatable bonds is 8. The minimum absolute atomic E-state index is 0.154. The van der Waals surface area contributed by atoms with Crippen molar-refractivity contribution in [3.05, 3.63) is 59.4 Å². The van der Waals surface area contributed by atoms with E-state index in [0.717, 1.165) is 62.4 Å². The van der Waals surface area contributed by atoms with E-state index >= 15 is 0 Å². The van der Waals surface area contributed by atoms with E-state index in [4.69, 9.17) is 15.2 Å². The number of ether oxygens (including phenoxy) is 3. The third-order valence-electron chi connectivity index (χ3n) is 6.07. The Balaban J connectivity index is 0.000000241. The number of nitrogens with two attached hydrogens (primary N) is 1. The first-order valence-electron chi connectivity index (χ1n) is 11.7. The Morgan fingerprint density at radius 2 is 1.80 bits per heavy atom. The van der Waals surface area contributed by atoms with Gasteiger partial charge in [-0.2, -0.15) is 0 Å². The van der Waals surface area contributed by atoms with Crippen molar-refractivity contribution in [3.8, 4) is 5.88 Å². The van der Waals surface area contributed by atoms with Crippen molar-refractivity contribution in [2.24, 2.45) is 5.73 Å². The lowest BCUT2D eigenvalue weighted by Crippen LogP contribution is -2.38. The Bertz CT molecular complexity index is 1120. The van der Waals surface area contributed by atoms with Gasteiger partial charge in [0.2, 0.25) is 5.88 Å². The van der Waals surface area contributed by atoms with Crippen molar-refractivity contribution in [2.45, 2.75) is 26.3 Å². The normalized spacial score (nSPS) is 13.7. The van der Waals surface area contributed by atoms with Crippen LogP contribution in [0.2, 0.25) is 0 Å². The Hall–Kier alpha value is -3.43. The average Bonchev–Trinajstić information content (AvgIpc) is 3.18. The number of aryl methyl sites for hydroxylation is 1. The van der Waals surface area contributed by atoms with Crippen molar-refractivity contribution >= 4 is 22.8 Å². The highest BCUT2D eigenvalue weighted by atomic mass is 16.5. The standard InChI is InChI=1S/C16H22N4O3.C10H12O2/c1-11-13(15(17)21)12-3-4-18-16(22-2)14(12)20(11)6-5-19-7-9-23-10-8-19;1-12-10(11)8-7-9-5-3-2-4-6-9/h3-4H,5-10H2,1-2H3,(H2,17,21);2-6H,7-8H2,1H3. The molecule has 4 rings (SSSR count). The van der Waals surface area contributed by atoms with Crippen LogP contribution in [0.15, 0.2) is 42.6 Å². The number of fused-ring (bicyclic) bond motifs is 1. The molecular formula is C26H34N4O5. The van der Waals surface area contributed by atoms with Crippen molar-refractivity contribution < 1.29 is 23.8 Å². The third-order valence-corrected chi connectivity index (χ3v) is 6.07. The number of hydrogen-bond donors (Lipinski definition) is 1. The fraction of sp³-hybridized carbons (Fsp3) is 0.423. The summed E-state index contributed by atoms with van der Waals surface area (Å²) in [5, 5.41) is 0.795. The molecule has 2 N–H and O–H groups in total. The summed E-state index contributed by atoms with van der Waals surface area (Å²) in [5.74, 6) is -0.0650. The summed E-state index contributed by atoms with van der Waals surface area (Å²) >= 11 is 0. The number of pyridine rings is 1. The number of amides is 1. The second-order valence-electron chi connectivity index (χ2n) is 8.21. The molecule has 0 unspecified atom stereocenters. The molecule has 2 aromatic heterocycles. The van der Waals surface area contributed by atoms with E-state index in [2.05, 4.69) is 19.2 Å². The zero-order valence-corrected chi connectivity index (χ0v) is 20.7. The summed E-state index contributed by atoms with van der Waals surface area (Å²) in [6.07, 6.45) is 2.85. The molecule has 0 radical (unpaired) electrons. The third kappa shape index (κ3) is 6.80. The number of carbonyl (C=O) groups is 2. The number of benzene rings is 1. The van der Waals surface area contributed by atoms with Crippen LogP contribution < -0.4 is 10.5 Å². The molecule has 35 heavy (non-hydrogen) atoms. The van der Waals surface area contributed by atoms with Gasteiger partial charge >= 0.3 is 5.97 Å². The summed E-state index contributed by atoms with van der Waals surface area (Å²) in [7, 11) is 2.99. The van der Waals surface area contributed by atoms with Gasteiger partial charge in [-0.15, -0.1) is 0 Å². The quantitative estimate of drug-likeness (QED) is 0.492. The van der Waals surface area contributed by atoms with Gasteiger partial charge in [0.15, 0.2) is 0 Å². The van der Waals surface area contributed by atoms with Gasteiger partial charge in [-0.1, -0.05) is 30.3 Å². The molecule has 1 aromatic carbocycles. The Labute approximate surface area is 205 Å². The first-order chi connectivity index (χ1) is 17.0. The van der Waals surface area contributed by atoms with Crippen LogP contribution in [-0.2, 0) is 27.2 Å². The molecule has 0 bridgehead atoms. The summed E-state index contributed by atoms with van der Waals surface area (Å²) in [6, 6.07) is 11.7. The average molecular weight is 483 g/mol. The van der Waals surface area contributed by atoms with E-state index in [9.17, 15) is 9.59 Å². The van der Waals surface area contributed by atoms with Gasteiger partial charge in [-0.3, -0.25) is 14.5 Å². The fourth-order valence-corrected chi connectivity index (χ4v) is 4.19. The van der Waals surface area contributed by atoms with E-state index in [1.54, 1.807) is 13.3 Å². The van der Waals surface area contributed by atoms with Crippen LogP contribution in [0.3, 0.4) is 0 Å². The van der Waals surface area contributed by atoms with E-state index in [1.165, 1.54) is 12.7 Å². The molecule has 3 aromatic rings. The summed E-state index contributed by atoms with van der Waals surface area (Å²) in [4.78, 5) is 29.3. The number of methoxy groups -OCH3 is 2. The van der Waals surface area contributed by atoms with E-state index < -0.39 is 5.91 Å². The minimum Gasteiger partial charge on any atom is -0.479 e. The topological polar surface area (TPSA) is 109 Å². The van der Waals surface area contributed by atoms with Crippen molar-refractivity contribution in [2.75, 3.05) is 47.1 Å². The second kappa shape index (κ2) is 12.9. The minimum atomic E-state index is -0.425. The molecular weight excluding hydrogens is 448 g/mol. The molecule has 0 atom stereocenters. The predicted octanol–water partition coefficient (Wildman–Crippen LogP) is 2.58. The second-order valence-corrected chi connectivity index (χ2v) is 8.21. The van der Waals surface area contributed by atoms with Crippen LogP contribution in [0, 0.1) is 6.92 Å². The van der Waals surface area contributed by atoms with Crippen LogP contribution in [0.1, 0.15) is 28.0 Å². The lowest BCUT2D eigenvalue weighted by molar-refractivity contribution is -0.140. The number of primary amides is 1. The largest absolute Gasteiger partial charge is 0.479 e. The highest BCUT2D eigenvalue weighted by Crippen LogP contribution is 2.31. The molecule has 1 fully saturated rings. The molecule has 1 aliphatic heterocycles. The number of aromatic nitrogens is 2. The van der Waals surface area contributed by atoms with Crippen LogP contribution in [0.5, 0.6) is 5.88 Å². The fourth-order valence-electron chi connectivity index (χ4n) is 4.19. The summed E-state index contributed by atoms with van der Waals surface area (Å²) in [5.41, 5.74) is 8.98. The first-order valence-corrected chi connectivity index (χ1v) is 11.7. The van der Waals surface area contributed by atoms with Crippen LogP contribution >= 0.6 is 0 Å². The highest BCUT2D eigenvalue weighted by Gasteiger charge is 2.22. The number of nitrogens with zero attached hydrogens (tertiary/aromatic N) is 3. The SMILES string of the molecule is COC(=O)CCc1ccccc1.COc1nccc2c(C(N)=O)c(C)n(CCN3CCOCC3)c12. The van der Waals surface area contributed by atoms with E-state index in [-0.39, 0.29) is 5.97 Å². The molecule has 0 spiro atoms. The van der Waals surface area contributed by atoms with E-state index in [1.807, 2.05) is 43.3 Å². The molecule has 1 amide bonds. The maximum atomic E-state index is 11.9. The number of esters is 1. The van der Waals surface area contributed by atoms with Gasteiger partial charge in [0.25, 0.3) is 5.91 Å². The predicted molar refractivity (Wildman–Crippen MR) is 134 cm³/mol. The number of morpholine rings is 1.